The Kier molecular flexibility index (Phi) is 6.60. The first-order chi connectivity index (χ1) is 27.8. The summed E-state index contributed by atoms with van der Waals surface area (Å²) in [5.74, 6) is 0.659. The molecule has 0 spiro atoms. The van der Waals surface area contributed by atoms with Gasteiger partial charge in [0, 0.05) is 38.4 Å². The Hall–Kier alpha value is -7.56. The maximum atomic E-state index is 6.98. The minimum absolute atomic E-state index is 0.659. The van der Waals surface area contributed by atoms with Crippen LogP contribution in [0.2, 0.25) is 0 Å². The lowest BCUT2D eigenvalue weighted by atomic mass is 9.92. The zero-order chi connectivity index (χ0) is 36.7. The van der Waals surface area contributed by atoms with Gasteiger partial charge in [0.1, 0.15) is 28.0 Å². The van der Waals surface area contributed by atoms with Crippen molar-refractivity contribution in [1.29, 1.82) is 0 Å². The largest absolute Gasteiger partial charge is 0.455 e. The molecule has 0 aliphatic heterocycles. The van der Waals surface area contributed by atoms with E-state index in [4.69, 9.17) is 18.8 Å². The van der Waals surface area contributed by atoms with Crippen molar-refractivity contribution in [2.75, 3.05) is 0 Å². The van der Waals surface area contributed by atoms with Crippen LogP contribution < -0.4 is 0 Å². The van der Waals surface area contributed by atoms with Crippen LogP contribution >= 0.6 is 0 Å². The summed E-state index contributed by atoms with van der Waals surface area (Å²) in [6.07, 6.45) is 0. The lowest BCUT2D eigenvalue weighted by molar-refractivity contribution is 0.667. The monoisotopic (exact) mass is 714 g/mol. The third-order valence-corrected chi connectivity index (χ3v) is 11.3. The highest BCUT2D eigenvalue weighted by Gasteiger charge is 2.21. The van der Waals surface area contributed by atoms with E-state index in [1.54, 1.807) is 0 Å². The summed E-state index contributed by atoms with van der Waals surface area (Å²) in [7, 11) is 0. The molecular formula is C52H30N2O2. The van der Waals surface area contributed by atoms with Crippen molar-refractivity contribution in [3.05, 3.63) is 182 Å². The molecule has 4 nitrogen and oxygen atoms in total. The molecule has 0 atom stereocenters. The summed E-state index contributed by atoms with van der Waals surface area (Å²) >= 11 is 0. The second kappa shape index (κ2) is 12.0. The zero-order valence-corrected chi connectivity index (χ0v) is 30.0. The van der Waals surface area contributed by atoms with Gasteiger partial charge in [0.25, 0.3) is 0 Å². The highest BCUT2D eigenvalue weighted by molar-refractivity contribution is 6.26. The van der Waals surface area contributed by atoms with Gasteiger partial charge < -0.3 is 8.83 Å². The Morgan fingerprint density at radius 2 is 0.804 bits per heavy atom. The molecule has 0 aliphatic rings. The van der Waals surface area contributed by atoms with E-state index in [9.17, 15) is 0 Å². The number of nitrogens with zero attached hydrogens (tertiary/aromatic N) is 2. The zero-order valence-electron chi connectivity index (χ0n) is 30.0. The van der Waals surface area contributed by atoms with Gasteiger partial charge in [-0.15, -0.1) is 0 Å². The molecule has 0 unspecified atom stereocenters. The van der Waals surface area contributed by atoms with Crippen molar-refractivity contribution in [2.24, 2.45) is 0 Å². The van der Waals surface area contributed by atoms with Crippen LogP contribution in [0.25, 0.3) is 121 Å². The molecule has 0 aliphatic carbocycles. The van der Waals surface area contributed by atoms with Crippen LogP contribution in [0, 0.1) is 0 Å². The summed E-state index contributed by atoms with van der Waals surface area (Å²) in [5, 5.41) is 10.6. The molecule has 0 saturated heterocycles. The van der Waals surface area contributed by atoms with Gasteiger partial charge in [-0.05, 0) is 61.6 Å². The van der Waals surface area contributed by atoms with Crippen molar-refractivity contribution in [1.82, 2.24) is 9.97 Å². The Bertz CT molecular complexity index is 3490. The average molecular weight is 715 g/mol. The van der Waals surface area contributed by atoms with E-state index in [0.717, 1.165) is 77.5 Å². The molecule has 260 valence electrons. The van der Waals surface area contributed by atoms with E-state index in [-0.39, 0.29) is 0 Å². The van der Waals surface area contributed by atoms with Crippen molar-refractivity contribution in [2.45, 2.75) is 0 Å². The first-order valence-corrected chi connectivity index (χ1v) is 18.9. The summed E-state index contributed by atoms with van der Waals surface area (Å²) in [6.45, 7) is 0. The Morgan fingerprint density at radius 3 is 1.43 bits per heavy atom. The van der Waals surface area contributed by atoms with Crippen LogP contribution in [0.15, 0.2) is 191 Å². The Morgan fingerprint density at radius 1 is 0.304 bits per heavy atom. The number of rotatable bonds is 4. The molecule has 0 saturated carbocycles. The lowest BCUT2D eigenvalue weighted by Gasteiger charge is -2.12. The van der Waals surface area contributed by atoms with Gasteiger partial charge >= 0.3 is 0 Å². The van der Waals surface area contributed by atoms with Crippen LogP contribution in [0.4, 0.5) is 0 Å². The van der Waals surface area contributed by atoms with Crippen molar-refractivity contribution < 1.29 is 8.83 Å². The maximum Gasteiger partial charge on any atom is 0.180 e. The Balaban J connectivity index is 1.05. The first kappa shape index (κ1) is 30.9. The molecule has 3 aromatic heterocycles. The third-order valence-electron chi connectivity index (χ3n) is 11.3. The number of benzene rings is 9. The van der Waals surface area contributed by atoms with Gasteiger partial charge in [0.05, 0.1) is 0 Å². The molecular weight excluding hydrogens is 685 g/mol. The minimum Gasteiger partial charge on any atom is -0.455 e. The second-order valence-corrected chi connectivity index (χ2v) is 14.4. The van der Waals surface area contributed by atoms with Crippen LogP contribution in [0.3, 0.4) is 0 Å². The van der Waals surface area contributed by atoms with Crippen LogP contribution in [0.1, 0.15) is 0 Å². The van der Waals surface area contributed by atoms with Gasteiger partial charge in [0.15, 0.2) is 11.4 Å². The third kappa shape index (κ3) is 4.60. The maximum absolute atomic E-state index is 6.98. The molecule has 0 amide bonds. The summed E-state index contributed by atoms with van der Waals surface area (Å²) in [5.41, 5.74) is 10.9. The smallest absolute Gasteiger partial charge is 0.180 e. The summed E-state index contributed by atoms with van der Waals surface area (Å²) in [4.78, 5) is 10.2. The van der Waals surface area contributed by atoms with Crippen LogP contribution in [-0.4, -0.2) is 9.97 Å². The molecule has 9 aromatic carbocycles. The SMILES string of the molecule is c1ccc(-c2nc(-c3ccccc3)c3oc4ccc(-c5cccc6c5oc5c(-c7ccc8c9ccccc9c9ccccc9c8c7)cccc56)cc4c3n2)cc1. The fourth-order valence-electron chi connectivity index (χ4n) is 8.67. The quantitative estimate of drug-likeness (QED) is 0.170. The highest BCUT2D eigenvalue weighted by Crippen LogP contribution is 2.44. The summed E-state index contributed by atoms with van der Waals surface area (Å²) < 4.78 is 13.5. The standard InChI is InChI=1S/C52H30N2O2/c1-3-13-31(14-4-1)47-51-48(54-52(53-47)32-15-5-2-6-16-32)45-30-34(26-28-46(45)55-51)36-22-12-24-43-42-23-11-21-35(49(42)56-50(36)43)33-25-27-41-39-19-8-7-17-37(39)38-18-9-10-20-40(38)44(41)29-33/h1-30H. The molecule has 4 heteroatoms. The number of para-hydroxylation sites is 2. The van der Waals surface area contributed by atoms with Gasteiger partial charge in [-0.2, -0.15) is 0 Å². The predicted octanol–water partition coefficient (Wildman–Crippen LogP) is 14.4. The van der Waals surface area contributed by atoms with Crippen molar-refractivity contribution in [3.63, 3.8) is 0 Å². The highest BCUT2D eigenvalue weighted by atomic mass is 16.3. The van der Waals surface area contributed by atoms with Crippen LogP contribution in [0.5, 0.6) is 0 Å². The molecule has 12 aromatic rings. The molecule has 56 heavy (non-hydrogen) atoms. The fourth-order valence-corrected chi connectivity index (χ4v) is 8.67. The van der Waals surface area contributed by atoms with Crippen LogP contribution in [-0.2, 0) is 0 Å². The van der Waals surface area contributed by atoms with E-state index in [2.05, 4.69) is 127 Å². The van der Waals surface area contributed by atoms with Gasteiger partial charge in [-0.25, -0.2) is 9.97 Å². The van der Waals surface area contributed by atoms with E-state index in [1.807, 2.05) is 54.6 Å². The van der Waals surface area contributed by atoms with Crippen molar-refractivity contribution in [3.8, 4) is 44.9 Å². The molecule has 0 N–H and O–H groups in total. The van der Waals surface area contributed by atoms with Gasteiger partial charge in [-0.3, -0.25) is 0 Å². The lowest BCUT2D eigenvalue weighted by Crippen LogP contribution is -1.93. The average Bonchev–Trinajstić information content (AvgIpc) is 3.85. The number of furan rings is 2. The van der Waals surface area contributed by atoms with E-state index >= 15 is 0 Å². The fraction of sp³-hybridized carbons (Fsp3) is 0. The van der Waals surface area contributed by atoms with Crippen molar-refractivity contribution >= 4 is 76.3 Å². The molecule has 0 bridgehead atoms. The first-order valence-electron chi connectivity index (χ1n) is 18.9. The molecule has 0 fully saturated rings. The molecule has 12 rings (SSSR count). The van der Waals surface area contributed by atoms with E-state index in [1.165, 1.54) is 32.3 Å². The molecule has 3 heterocycles. The second-order valence-electron chi connectivity index (χ2n) is 14.4. The number of hydrogen-bond acceptors (Lipinski definition) is 4. The summed E-state index contributed by atoms with van der Waals surface area (Å²) in [6, 6.07) is 63.8. The molecule has 0 radical (unpaired) electrons. The van der Waals surface area contributed by atoms with Gasteiger partial charge in [0.2, 0.25) is 0 Å². The van der Waals surface area contributed by atoms with E-state index in [0.29, 0.717) is 11.4 Å². The topological polar surface area (TPSA) is 52.1 Å². The normalized spacial score (nSPS) is 11.9. The number of aromatic nitrogens is 2. The van der Waals surface area contributed by atoms with E-state index < -0.39 is 0 Å². The predicted molar refractivity (Wildman–Crippen MR) is 231 cm³/mol. The minimum atomic E-state index is 0.659. The number of fused-ring (bicyclic) bond motifs is 12. The number of hydrogen-bond donors (Lipinski definition) is 0. The van der Waals surface area contributed by atoms with Gasteiger partial charge in [-0.1, -0.05) is 164 Å². The Labute approximate surface area is 320 Å².